The normalized spacial score (nSPS) is 18.9. The third-order valence-corrected chi connectivity index (χ3v) is 11.2. The third-order valence-electron chi connectivity index (χ3n) is 11.2. The zero-order chi connectivity index (χ0) is 32.9. The first-order chi connectivity index (χ1) is 22.3. The lowest BCUT2D eigenvalue weighted by Gasteiger charge is -2.50. The van der Waals surface area contributed by atoms with E-state index in [0.717, 1.165) is 50.2 Å². The first-order valence-electron chi connectivity index (χ1n) is 16.3. The smallest absolute Gasteiger partial charge is 0.236 e. The van der Waals surface area contributed by atoms with Crippen LogP contribution >= 0.6 is 0 Å². The molecule has 236 valence electrons. The molecule has 7 nitrogen and oxygen atoms in total. The first-order valence-corrected chi connectivity index (χ1v) is 16.3. The summed E-state index contributed by atoms with van der Waals surface area (Å²) in [6.07, 6.45) is 0. The predicted molar refractivity (Wildman–Crippen MR) is 191 cm³/mol. The van der Waals surface area contributed by atoms with Crippen molar-refractivity contribution in [2.45, 2.75) is 77.5 Å². The summed E-state index contributed by atoms with van der Waals surface area (Å²) in [6, 6.07) is 33.1. The summed E-state index contributed by atoms with van der Waals surface area (Å²) >= 11 is 0. The Labute approximate surface area is 276 Å². The number of para-hydroxylation sites is 2. The molecule has 0 amide bonds. The van der Waals surface area contributed by atoms with E-state index in [4.69, 9.17) is 24.4 Å². The Bertz CT molecular complexity index is 2210. The van der Waals surface area contributed by atoms with Crippen LogP contribution in [0.4, 0.5) is 5.95 Å². The molecule has 1 saturated heterocycles. The van der Waals surface area contributed by atoms with Crippen molar-refractivity contribution in [3.63, 3.8) is 0 Å². The molecule has 7 heteroatoms. The zero-order valence-electron chi connectivity index (χ0n) is 28.3. The number of benzene rings is 4. The van der Waals surface area contributed by atoms with Gasteiger partial charge in [-0.1, -0.05) is 91.0 Å². The predicted octanol–water partition coefficient (Wildman–Crippen LogP) is 9.38. The highest BCUT2D eigenvalue weighted by Gasteiger charge is 2.66. The fourth-order valence-corrected chi connectivity index (χ4v) is 7.28. The largest absolute Gasteiger partial charge is 0.455 e. The van der Waals surface area contributed by atoms with Crippen LogP contribution in [0.2, 0.25) is 0 Å². The standard InChI is InChI=1S/C40H40N6O/c1-37(2)38(3,4)46-36(44-37)45(39(5,6)40(46,7)8)35-42-33(26-15-10-9-11-16-26)41-34(43-35)27-23-21-25(22-24-27)28-18-14-19-30-29-17-12-13-20-31(29)47-32(28)30/h9-24H,1-8H3. The summed E-state index contributed by atoms with van der Waals surface area (Å²) in [5, 5.41) is 2.24. The Hall–Kier alpha value is -5.04. The second-order valence-corrected chi connectivity index (χ2v) is 14.8. The summed E-state index contributed by atoms with van der Waals surface area (Å²) in [4.78, 5) is 25.4. The highest BCUT2D eigenvalue weighted by Crippen LogP contribution is 2.53. The van der Waals surface area contributed by atoms with Crippen molar-refractivity contribution in [3.8, 4) is 33.9 Å². The lowest BCUT2D eigenvalue weighted by atomic mass is 9.76. The van der Waals surface area contributed by atoms with Crippen LogP contribution < -0.4 is 4.90 Å². The van der Waals surface area contributed by atoms with Gasteiger partial charge in [-0.3, -0.25) is 4.90 Å². The molecular formula is C40H40N6O. The number of furan rings is 1. The number of nitrogens with zero attached hydrogens (tertiary/aromatic N) is 6. The van der Waals surface area contributed by atoms with Crippen LogP contribution in [0.5, 0.6) is 0 Å². The number of fused-ring (bicyclic) bond motifs is 4. The summed E-state index contributed by atoms with van der Waals surface area (Å²) in [6.45, 7) is 18.1. The number of rotatable bonds is 4. The maximum absolute atomic E-state index is 6.34. The lowest BCUT2D eigenvalue weighted by Crippen LogP contribution is -2.63. The minimum Gasteiger partial charge on any atom is -0.455 e. The molecule has 0 saturated carbocycles. The molecule has 4 aromatic carbocycles. The maximum Gasteiger partial charge on any atom is 0.236 e. The van der Waals surface area contributed by atoms with Gasteiger partial charge in [0.2, 0.25) is 11.9 Å². The van der Waals surface area contributed by atoms with E-state index < -0.39 is 0 Å². The van der Waals surface area contributed by atoms with E-state index in [-0.39, 0.29) is 22.2 Å². The second-order valence-electron chi connectivity index (χ2n) is 14.8. The van der Waals surface area contributed by atoms with E-state index in [0.29, 0.717) is 17.6 Å². The van der Waals surface area contributed by atoms with Crippen LogP contribution in [-0.2, 0) is 0 Å². The van der Waals surface area contributed by atoms with Gasteiger partial charge in [0.25, 0.3) is 0 Å². The van der Waals surface area contributed by atoms with Gasteiger partial charge in [0.05, 0.1) is 22.2 Å². The molecule has 2 aliphatic rings. The number of hydrogen-bond acceptors (Lipinski definition) is 7. The summed E-state index contributed by atoms with van der Waals surface area (Å²) < 4.78 is 6.34. The lowest BCUT2D eigenvalue weighted by molar-refractivity contribution is 0.0527. The molecular weight excluding hydrogens is 580 g/mol. The van der Waals surface area contributed by atoms with Gasteiger partial charge in [-0.2, -0.15) is 9.97 Å². The van der Waals surface area contributed by atoms with Crippen molar-refractivity contribution in [3.05, 3.63) is 97.1 Å². The van der Waals surface area contributed by atoms with Crippen molar-refractivity contribution in [2.24, 2.45) is 4.99 Å². The molecule has 6 aromatic rings. The monoisotopic (exact) mass is 620 g/mol. The van der Waals surface area contributed by atoms with Crippen LogP contribution in [-0.4, -0.2) is 48.0 Å². The maximum atomic E-state index is 6.34. The van der Waals surface area contributed by atoms with Gasteiger partial charge in [-0.15, -0.1) is 0 Å². The van der Waals surface area contributed by atoms with Gasteiger partial charge in [0.1, 0.15) is 11.2 Å². The van der Waals surface area contributed by atoms with Gasteiger partial charge in [-0.25, -0.2) is 9.98 Å². The topological polar surface area (TPSA) is 70.6 Å². The first kappa shape index (κ1) is 29.4. The molecule has 1 fully saturated rings. The molecule has 0 spiro atoms. The minimum atomic E-state index is -0.374. The van der Waals surface area contributed by atoms with E-state index in [1.807, 2.05) is 48.5 Å². The number of hydrogen-bond donors (Lipinski definition) is 0. The molecule has 0 N–H and O–H groups in total. The summed E-state index contributed by atoms with van der Waals surface area (Å²) in [5.41, 5.74) is 4.60. The number of guanidine groups is 1. The Kier molecular flexibility index (Phi) is 6.08. The molecule has 4 heterocycles. The fourth-order valence-electron chi connectivity index (χ4n) is 7.28. The number of aromatic nitrogens is 3. The molecule has 8 rings (SSSR count). The number of aliphatic imine (C=N–C) groups is 1. The Balaban J connectivity index is 1.27. The van der Waals surface area contributed by atoms with E-state index >= 15 is 0 Å². The number of anilines is 1. The van der Waals surface area contributed by atoms with Crippen molar-refractivity contribution in [2.75, 3.05) is 4.90 Å². The average molecular weight is 621 g/mol. The molecule has 47 heavy (non-hydrogen) atoms. The zero-order valence-corrected chi connectivity index (χ0v) is 28.3. The molecule has 0 aliphatic carbocycles. The molecule has 0 atom stereocenters. The van der Waals surface area contributed by atoms with Gasteiger partial charge in [-0.05, 0) is 67.0 Å². The average Bonchev–Trinajstić information content (AvgIpc) is 3.57. The molecule has 2 aliphatic heterocycles. The van der Waals surface area contributed by atoms with Gasteiger partial charge in [0, 0.05) is 27.5 Å². The molecule has 0 bridgehead atoms. The van der Waals surface area contributed by atoms with E-state index in [1.165, 1.54) is 0 Å². The van der Waals surface area contributed by atoms with Gasteiger partial charge in [0.15, 0.2) is 11.6 Å². The van der Waals surface area contributed by atoms with Crippen LogP contribution in [0.25, 0.3) is 55.8 Å². The van der Waals surface area contributed by atoms with Crippen LogP contribution in [0.15, 0.2) is 106 Å². The van der Waals surface area contributed by atoms with Crippen LogP contribution in [0.1, 0.15) is 55.4 Å². The Morgan fingerprint density at radius 1 is 0.532 bits per heavy atom. The van der Waals surface area contributed by atoms with E-state index in [2.05, 4.69) is 114 Å². The van der Waals surface area contributed by atoms with Crippen LogP contribution in [0.3, 0.4) is 0 Å². The quantitative estimate of drug-likeness (QED) is 0.196. The Morgan fingerprint density at radius 2 is 1.13 bits per heavy atom. The summed E-state index contributed by atoms with van der Waals surface area (Å²) in [5.74, 6) is 2.75. The SMILES string of the molecule is CC1(C)N=C2N(c3nc(-c4ccccc4)nc(-c4ccc(-c5cccc6c5oc5ccccc56)cc4)n3)C(C)(C)C(C)(C)N2C1(C)C. The third kappa shape index (κ3) is 4.11. The molecule has 0 unspecified atom stereocenters. The second kappa shape index (κ2) is 9.74. The van der Waals surface area contributed by atoms with Crippen molar-refractivity contribution < 1.29 is 4.42 Å². The van der Waals surface area contributed by atoms with E-state index in [1.54, 1.807) is 0 Å². The summed E-state index contributed by atoms with van der Waals surface area (Å²) in [7, 11) is 0. The van der Waals surface area contributed by atoms with E-state index in [9.17, 15) is 0 Å². The molecule has 2 aromatic heterocycles. The fraction of sp³-hybridized carbons (Fsp3) is 0.300. The molecule has 0 radical (unpaired) electrons. The van der Waals surface area contributed by atoms with Gasteiger partial charge >= 0.3 is 0 Å². The van der Waals surface area contributed by atoms with Crippen molar-refractivity contribution in [1.82, 2.24) is 19.9 Å². The Morgan fingerprint density at radius 3 is 1.83 bits per heavy atom. The van der Waals surface area contributed by atoms with Gasteiger partial charge < -0.3 is 9.32 Å². The van der Waals surface area contributed by atoms with Crippen molar-refractivity contribution in [1.29, 1.82) is 0 Å². The van der Waals surface area contributed by atoms with Crippen molar-refractivity contribution >= 4 is 33.8 Å². The highest BCUT2D eigenvalue weighted by atomic mass is 16.3. The highest BCUT2D eigenvalue weighted by molar-refractivity contribution is 6.09. The van der Waals surface area contributed by atoms with Crippen LogP contribution in [0, 0.1) is 0 Å². The minimum absolute atomic E-state index is 0.214.